The van der Waals surface area contributed by atoms with Gasteiger partial charge >= 0.3 is 0 Å². The number of benzene rings is 2. The molecule has 2 aromatic carbocycles. The van der Waals surface area contributed by atoms with Crippen molar-refractivity contribution < 1.29 is 22.7 Å². The molecule has 1 heterocycles. The number of sulfonamides is 1. The van der Waals surface area contributed by atoms with E-state index in [1.807, 2.05) is 20.8 Å². The highest BCUT2D eigenvalue weighted by Gasteiger charge is 2.35. The van der Waals surface area contributed by atoms with Gasteiger partial charge in [0.15, 0.2) is 11.5 Å². The van der Waals surface area contributed by atoms with Crippen LogP contribution in [0.15, 0.2) is 47.4 Å². The van der Waals surface area contributed by atoms with E-state index < -0.39 is 10.0 Å². The van der Waals surface area contributed by atoms with E-state index in [9.17, 15) is 13.2 Å². The fourth-order valence-electron chi connectivity index (χ4n) is 3.99. The number of carbonyl (C=O) groups is 1. The Kier molecular flexibility index (Phi) is 7.23. The molecule has 8 heteroatoms. The van der Waals surface area contributed by atoms with E-state index in [1.54, 1.807) is 34.6 Å². The Hall–Kier alpha value is -2.58. The van der Waals surface area contributed by atoms with Gasteiger partial charge in [0.1, 0.15) is 0 Å². The molecule has 3 rings (SSSR count). The van der Waals surface area contributed by atoms with Crippen molar-refractivity contribution in [3.05, 3.63) is 48.0 Å². The summed E-state index contributed by atoms with van der Waals surface area (Å²) in [7, 11) is -2.07. The molecule has 168 valence electrons. The van der Waals surface area contributed by atoms with Crippen molar-refractivity contribution in [1.82, 2.24) is 4.31 Å². The van der Waals surface area contributed by atoms with Crippen molar-refractivity contribution >= 4 is 21.6 Å². The zero-order valence-electron chi connectivity index (χ0n) is 18.4. The predicted octanol–water partition coefficient (Wildman–Crippen LogP) is 4.30. The fraction of sp³-hybridized carbons (Fsp3) is 0.435. The van der Waals surface area contributed by atoms with Crippen LogP contribution in [0.3, 0.4) is 0 Å². The van der Waals surface area contributed by atoms with Crippen molar-refractivity contribution in [2.24, 2.45) is 0 Å². The highest BCUT2D eigenvalue weighted by Crippen LogP contribution is 2.31. The number of rotatable bonds is 7. The minimum absolute atomic E-state index is 0.0252. The molecule has 1 fully saturated rings. The van der Waals surface area contributed by atoms with E-state index in [4.69, 9.17) is 9.47 Å². The summed E-state index contributed by atoms with van der Waals surface area (Å²) >= 11 is 0. The van der Waals surface area contributed by atoms with Crippen LogP contribution in [-0.4, -0.2) is 44.4 Å². The van der Waals surface area contributed by atoms with Crippen LogP contribution in [-0.2, 0) is 10.0 Å². The van der Waals surface area contributed by atoms with Gasteiger partial charge in [-0.25, -0.2) is 8.42 Å². The molecule has 0 aliphatic carbocycles. The summed E-state index contributed by atoms with van der Waals surface area (Å²) in [6, 6.07) is 11.2. The van der Waals surface area contributed by atoms with Crippen molar-refractivity contribution in [3.63, 3.8) is 0 Å². The second-order valence-corrected chi connectivity index (χ2v) is 9.58. The van der Waals surface area contributed by atoms with Gasteiger partial charge in [-0.1, -0.05) is 6.42 Å². The summed E-state index contributed by atoms with van der Waals surface area (Å²) in [4.78, 5) is 12.9. The molecule has 2 aromatic rings. The van der Waals surface area contributed by atoms with Crippen LogP contribution in [0.2, 0.25) is 0 Å². The van der Waals surface area contributed by atoms with Gasteiger partial charge in [0.05, 0.1) is 18.6 Å². The number of piperidine rings is 1. The Balaban J connectivity index is 1.75. The molecule has 2 unspecified atom stereocenters. The minimum atomic E-state index is -3.59. The first kappa shape index (κ1) is 23.1. The third-order valence-corrected chi connectivity index (χ3v) is 7.67. The number of anilines is 1. The lowest BCUT2D eigenvalue weighted by Crippen LogP contribution is -2.47. The Bertz CT molecular complexity index is 1010. The molecule has 1 amide bonds. The Morgan fingerprint density at radius 1 is 1.06 bits per heavy atom. The number of amides is 1. The third-order valence-electron chi connectivity index (χ3n) is 5.53. The predicted molar refractivity (Wildman–Crippen MR) is 120 cm³/mol. The maximum atomic E-state index is 13.1. The molecule has 0 saturated carbocycles. The first-order chi connectivity index (χ1) is 14.8. The lowest BCUT2D eigenvalue weighted by Gasteiger charge is -2.37. The maximum absolute atomic E-state index is 13.1. The van der Waals surface area contributed by atoms with Crippen LogP contribution in [0.25, 0.3) is 0 Å². The monoisotopic (exact) mass is 446 g/mol. The highest BCUT2D eigenvalue weighted by molar-refractivity contribution is 7.89. The van der Waals surface area contributed by atoms with Gasteiger partial charge < -0.3 is 14.8 Å². The quantitative estimate of drug-likeness (QED) is 0.686. The molecule has 0 spiro atoms. The molecule has 1 saturated heterocycles. The Morgan fingerprint density at radius 2 is 1.71 bits per heavy atom. The summed E-state index contributed by atoms with van der Waals surface area (Å²) < 4.78 is 38.6. The number of nitrogens with one attached hydrogen (secondary N) is 1. The molecule has 7 nitrogen and oxygen atoms in total. The molecule has 1 N–H and O–H groups in total. The van der Waals surface area contributed by atoms with Crippen molar-refractivity contribution in [1.29, 1.82) is 0 Å². The molecule has 1 aliphatic rings. The van der Waals surface area contributed by atoms with E-state index in [1.165, 1.54) is 19.2 Å². The van der Waals surface area contributed by atoms with E-state index in [0.29, 0.717) is 29.4 Å². The number of hydrogen-bond acceptors (Lipinski definition) is 5. The summed E-state index contributed by atoms with van der Waals surface area (Å²) in [5.41, 5.74) is 0.921. The fourth-order valence-corrected chi connectivity index (χ4v) is 5.87. The standard InChI is InChI=1S/C23H30N2O5S/c1-5-30-21-14-9-18(15-22(21)29-4)23(26)24-19-10-12-20(13-11-19)31(27,28)25-16(2)7-6-8-17(25)3/h9-17H,5-8H2,1-4H3,(H,24,26). The number of nitrogens with zero attached hydrogens (tertiary/aromatic N) is 1. The van der Waals surface area contributed by atoms with Crippen LogP contribution in [0.4, 0.5) is 5.69 Å². The molecule has 1 aliphatic heterocycles. The van der Waals surface area contributed by atoms with Crippen LogP contribution in [0, 0.1) is 0 Å². The van der Waals surface area contributed by atoms with Gasteiger partial charge in [-0.05, 0) is 76.1 Å². The van der Waals surface area contributed by atoms with Crippen molar-refractivity contribution in [3.8, 4) is 11.5 Å². The van der Waals surface area contributed by atoms with Crippen LogP contribution in [0.5, 0.6) is 11.5 Å². The molecule has 0 bridgehead atoms. The lowest BCUT2D eigenvalue weighted by atomic mass is 10.0. The third kappa shape index (κ3) is 5.02. The second kappa shape index (κ2) is 9.70. The first-order valence-corrected chi connectivity index (χ1v) is 12.0. The Labute approximate surface area is 184 Å². The highest BCUT2D eigenvalue weighted by atomic mass is 32.2. The normalized spacial score (nSPS) is 19.6. The van der Waals surface area contributed by atoms with Gasteiger partial charge in [0, 0.05) is 23.3 Å². The summed E-state index contributed by atoms with van der Waals surface area (Å²) in [6.45, 7) is 6.27. The van der Waals surface area contributed by atoms with Crippen LogP contribution in [0.1, 0.15) is 50.4 Å². The average Bonchev–Trinajstić information content (AvgIpc) is 2.74. The molecule has 31 heavy (non-hydrogen) atoms. The van der Waals surface area contributed by atoms with E-state index in [0.717, 1.165) is 19.3 Å². The number of ether oxygens (including phenoxy) is 2. The SMILES string of the molecule is CCOc1ccc(C(=O)Nc2ccc(S(=O)(=O)N3C(C)CCCC3C)cc2)cc1OC. The van der Waals surface area contributed by atoms with Gasteiger partial charge in [-0.15, -0.1) is 0 Å². The first-order valence-electron chi connectivity index (χ1n) is 10.5. The largest absolute Gasteiger partial charge is 0.493 e. The summed E-state index contributed by atoms with van der Waals surface area (Å²) in [6.07, 6.45) is 2.77. The Morgan fingerprint density at radius 3 is 2.29 bits per heavy atom. The zero-order chi connectivity index (χ0) is 22.6. The maximum Gasteiger partial charge on any atom is 0.255 e. The van der Waals surface area contributed by atoms with Crippen molar-refractivity contribution in [2.45, 2.75) is 57.0 Å². The van der Waals surface area contributed by atoms with Gasteiger partial charge in [-0.2, -0.15) is 4.31 Å². The van der Waals surface area contributed by atoms with Crippen LogP contribution >= 0.6 is 0 Å². The topological polar surface area (TPSA) is 84.9 Å². The number of methoxy groups -OCH3 is 1. The minimum Gasteiger partial charge on any atom is -0.493 e. The van der Waals surface area contributed by atoms with Gasteiger partial charge in [0.25, 0.3) is 5.91 Å². The molecule has 0 radical (unpaired) electrons. The van der Waals surface area contributed by atoms with E-state index >= 15 is 0 Å². The van der Waals surface area contributed by atoms with Crippen molar-refractivity contribution in [2.75, 3.05) is 19.0 Å². The average molecular weight is 447 g/mol. The molecular weight excluding hydrogens is 416 g/mol. The van der Waals surface area contributed by atoms with Crippen LogP contribution < -0.4 is 14.8 Å². The number of hydrogen-bond donors (Lipinski definition) is 1. The molecule has 2 atom stereocenters. The molecule has 0 aromatic heterocycles. The smallest absolute Gasteiger partial charge is 0.255 e. The number of carbonyl (C=O) groups excluding carboxylic acids is 1. The molecular formula is C23H30N2O5S. The van der Waals surface area contributed by atoms with E-state index in [2.05, 4.69) is 5.32 Å². The van der Waals surface area contributed by atoms with Gasteiger partial charge in [-0.3, -0.25) is 4.79 Å². The second-order valence-electron chi connectivity index (χ2n) is 7.74. The summed E-state index contributed by atoms with van der Waals surface area (Å²) in [5.74, 6) is 0.716. The lowest BCUT2D eigenvalue weighted by molar-refractivity contribution is 0.102. The summed E-state index contributed by atoms with van der Waals surface area (Å²) in [5, 5.41) is 2.79. The van der Waals surface area contributed by atoms with Gasteiger partial charge in [0.2, 0.25) is 10.0 Å². The van der Waals surface area contributed by atoms with E-state index in [-0.39, 0.29) is 22.9 Å². The zero-order valence-corrected chi connectivity index (χ0v) is 19.2.